The zero-order chi connectivity index (χ0) is 12.3. The molecule has 0 aliphatic carbocycles. The molecule has 2 rings (SSSR count). The molecule has 3 heteroatoms. The van der Waals surface area contributed by atoms with Crippen LogP contribution in [0.25, 0.3) is 11.0 Å². The smallest absolute Gasteiger partial charge is 0.177 e. The molecule has 3 nitrogen and oxygen atoms in total. The third-order valence-corrected chi connectivity index (χ3v) is 3.21. The molecule has 0 saturated heterocycles. The fourth-order valence-electron chi connectivity index (χ4n) is 2.05. The molecule has 0 aliphatic heterocycles. The maximum absolute atomic E-state index is 5.27. The fraction of sp³-hybridized carbons (Fsp3) is 0.500. The van der Waals surface area contributed by atoms with Crippen molar-refractivity contribution in [3.63, 3.8) is 0 Å². The van der Waals surface area contributed by atoms with Crippen LogP contribution in [0.3, 0.4) is 0 Å². The number of nitrogens with one attached hydrogen (secondary N) is 1. The Balaban J connectivity index is 2.08. The Morgan fingerprint density at radius 3 is 2.82 bits per heavy atom. The summed E-state index contributed by atoms with van der Waals surface area (Å²) in [4.78, 5) is 0. The van der Waals surface area contributed by atoms with Gasteiger partial charge in [0.1, 0.15) is 0 Å². The second-order valence-electron chi connectivity index (χ2n) is 4.82. The van der Waals surface area contributed by atoms with Gasteiger partial charge < -0.3 is 9.84 Å². The molecule has 0 bridgehead atoms. The van der Waals surface area contributed by atoms with Crippen LogP contribution >= 0.6 is 0 Å². The molecule has 0 spiro atoms. The Morgan fingerprint density at radius 1 is 1.29 bits per heavy atom. The van der Waals surface area contributed by atoms with Gasteiger partial charge in [-0.25, -0.2) is 0 Å². The van der Waals surface area contributed by atoms with Gasteiger partial charge in [-0.15, -0.1) is 0 Å². The van der Waals surface area contributed by atoms with Gasteiger partial charge in [0.2, 0.25) is 0 Å². The van der Waals surface area contributed by atoms with Crippen LogP contribution in [0.4, 0.5) is 5.82 Å². The van der Waals surface area contributed by atoms with E-state index in [4.69, 9.17) is 4.52 Å². The maximum atomic E-state index is 5.27. The van der Waals surface area contributed by atoms with Gasteiger partial charge in [0.05, 0.1) is 5.39 Å². The van der Waals surface area contributed by atoms with E-state index in [9.17, 15) is 0 Å². The van der Waals surface area contributed by atoms with Crippen LogP contribution in [0.2, 0.25) is 0 Å². The van der Waals surface area contributed by atoms with Crippen LogP contribution in [0.5, 0.6) is 0 Å². The van der Waals surface area contributed by atoms with Gasteiger partial charge in [-0.2, -0.15) is 0 Å². The number of hydrogen-bond acceptors (Lipinski definition) is 3. The average molecular weight is 232 g/mol. The van der Waals surface area contributed by atoms with E-state index >= 15 is 0 Å². The van der Waals surface area contributed by atoms with Crippen LogP contribution in [0, 0.1) is 5.92 Å². The Morgan fingerprint density at radius 2 is 2.06 bits per heavy atom. The lowest BCUT2D eigenvalue weighted by Crippen LogP contribution is -2.18. The van der Waals surface area contributed by atoms with Gasteiger partial charge in [0.15, 0.2) is 11.4 Å². The first-order chi connectivity index (χ1) is 8.20. The second-order valence-corrected chi connectivity index (χ2v) is 4.82. The Hall–Kier alpha value is -1.51. The van der Waals surface area contributed by atoms with Crippen molar-refractivity contribution in [1.29, 1.82) is 0 Å². The Labute approximate surface area is 102 Å². The lowest BCUT2D eigenvalue weighted by atomic mass is 10.0. The molecule has 0 aliphatic rings. The van der Waals surface area contributed by atoms with Crippen molar-refractivity contribution in [2.24, 2.45) is 5.92 Å². The molecule has 1 aromatic carbocycles. The van der Waals surface area contributed by atoms with E-state index < -0.39 is 0 Å². The maximum Gasteiger partial charge on any atom is 0.177 e. The summed E-state index contributed by atoms with van der Waals surface area (Å²) in [5.41, 5.74) is 0.839. The van der Waals surface area contributed by atoms with Crippen molar-refractivity contribution in [3.05, 3.63) is 24.3 Å². The van der Waals surface area contributed by atoms with Crippen LogP contribution in [0.1, 0.15) is 33.6 Å². The normalized spacial score (nSPS) is 14.8. The van der Waals surface area contributed by atoms with E-state index in [1.807, 2.05) is 24.3 Å². The molecule has 0 amide bonds. The highest BCUT2D eigenvalue weighted by Crippen LogP contribution is 2.23. The highest BCUT2D eigenvalue weighted by molar-refractivity contribution is 5.87. The highest BCUT2D eigenvalue weighted by atomic mass is 16.5. The molecular weight excluding hydrogens is 212 g/mol. The minimum absolute atomic E-state index is 0.415. The zero-order valence-corrected chi connectivity index (χ0v) is 10.7. The Bertz CT molecular complexity index is 478. The molecule has 1 aromatic heterocycles. The first-order valence-corrected chi connectivity index (χ1v) is 6.31. The minimum Gasteiger partial charge on any atom is -0.364 e. The van der Waals surface area contributed by atoms with Gasteiger partial charge in [0, 0.05) is 6.04 Å². The first kappa shape index (κ1) is 12.0. The predicted molar refractivity (Wildman–Crippen MR) is 71.2 cm³/mol. The van der Waals surface area contributed by atoms with Crippen molar-refractivity contribution in [3.8, 4) is 0 Å². The van der Waals surface area contributed by atoms with E-state index in [1.165, 1.54) is 6.42 Å². The monoisotopic (exact) mass is 232 g/mol. The summed E-state index contributed by atoms with van der Waals surface area (Å²) in [7, 11) is 0. The molecule has 0 fully saturated rings. The third kappa shape index (κ3) is 2.78. The summed E-state index contributed by atoms with van der Waals surface area (Å²) in [5, 5.41) is 8.57. The predicted octanol–water partition coefficient (Wildman–Crippen LogP) is 4.06. The van der Waals surface area contributed by atoms with Gasteiger partial charge in [-0.3, -0.25) is 0 Å². The number of hydrogen-bond donors (Lipinski definition) is 1. The number of anilines is 1. The molecular formula is C14H20N2O. The van der Waals surface area contributed by atoms with Crippen molar-refractivity contribution < 1.29 is 4.52 Å². The molecule has 92 valence electrons. The van der Waals surface area contributed by atoms with Gasteiger partial charge >= 0.3 is 0 Å². The Kier molecular flexibility index (Phi) is 3.67. The summed E-state index contributed by atoms with van der Waals surface area (Å²) in [5.74, 6) is 1.59. The number of fused-ring (bicyclic) bond motifs is 1. The molecule has 1 N–H and O–H groups in total. The minimum atomic E-state index is 0.415. The first-order valence-electron chi connectivity index (χ1n) is 6.31. The zero-order valence-electron chi connectivity index (χ0n) is 10.7. The molecule has 17 heavy (non-hydrogen) atoms. The second kappa shape index (κ2) is 5.21. The van der Waals surface area contributed by atoms with Gasteiger partial charge in [-0.05, 0) is 31.4 Å². The molecule has 2 unspecified atom stereocenters. The van der Waals surface area contributed by atoms with E-state index in [-0.39, 0.29) is 0 Å². The number of nitrogens with zero attached hydrogens (tertiary/aromatic N) is 1. The molecule has 2 aromatic rings. The summed E-state index contributed by atoms with van der Waals surface area (Å²) < 4.78 is 5.27. The van der Waals surface area contributed by atoms with E-state index in [1.54, 1.807) is 0 Å². The standard InChI is InChI=1S/C14H20N2O/c1-4-10(2)9-11(3)15-14-12-7-5-6-8-13(12)17-16-14/h5-8,10-11H,4,9H2,1-3H3,(H,15,16). The van der Waals surface area contributed by atoms with Crippen LogP contribution in [-0.4, -0.2) is 11.2 Å². The third-order valence-electron chi connectivity index (χ3n) is 3.21. The summed E-state index contributed by atoms with van der Waals surface area (Å²) in [6.07, 6.45) is 2.36. The summed E-state index contributed by atoms with van der Waals surface area (Å²) >= 11 is 0. The van der Waals surface area contributed by atoms with Crippen molar-refractivity contribution in [2.45, 2.75) is 39.7 Å². The molecule has 0 saturated carbocycles. The number of rotatable bonds is 5. The van der Waals surface area contributed by atoms with E-state index in [0.29, 0.717) is 6.04 Å². The topological polar surface area (TPSA) is 38.1 Å². The van der Waals surface area contributed by atoms with E-state index in [2.05, 4.69) is 31.2 Å². The lowest BCUT2D eigenvalue weighted by molar-refractivity contribution is 0.452. The molecule has 0 radical (unpaired) electrons. The average Bonchev–Trinajstić information content (AvgIpc) is 2.72. The van der Waals surface area contributed by atoms with Crippen LogP contribution in [0.15, 0.2) is 28.8 Å². The largest absolute Gasteiger partial charge is 0.364 e. The van der Waals surface area contributed by atoms with Crippen LogP contribution in [-0.2, 0) is 0 Å². The van der Waals surface area contributed by atoms with Crippen molar-refractivity contribution in [1.82, 2.24) is 5.16 Å². The van der Waals surface area contributed by atoms with Crippen molar-refractivity contribution >= 4 is 16.8 Å². The number of para-hydroxylation sites is 1. The van der Waals surface area contributed by atoms with Crippen LogP contribution < -0.4 is 5.32 Å². The SMILES string of the molecule is CCC(C)CC(C)Nc1noc2ccccc12. The fourth-order valence-corrected chi connectivity index (χ4v) is 2.05. The lowest BCUT2D eigenvalue weighted by Gasteiger charge is -2.16. The number of aromatic nitrogens is 1. The highest BCUT2D eigenvalue weighted by Gasteiger charge is 2.11. The van der Waals surface area contributed by atoms with E-state index in [0.717, 1.165) is 29.1 Å². The quantitative estimate of drug-likeness (QED) is 0.844. The summed E-state index contributed by atoms with van der Waals surface area (Å²) in [6.45, 7) is 6.69. The van der Waals surface area contributed by atoms with Crippen molar-refractivity contribution in [2.75, 3.05) is 5.32 Å². The van der Waals surface area contributed by atoms with Gasteiger partial charge in [-0.1, -0.05) is 37.6 Å². The summed E-state index contributed by atoms with van der Waals surface area (Å²) in [6, 6.07) is 8.35. The molecule has 2 atom stereocenters. The van der Waals surface area contributed by atoms with Gasteiger partial charge in [0.25, 0.3) is 0 Å². The molecule has 1 heterocycles. The number of benzene rings is 1.